The van der Waals surface area contributed by atoms with Gasteiger partial charge < -0.3 is 14.7 Å². The van der Waals surface area contributed by atoms with Crippen molar-refractivity contribution < 1.29 is 0 Å². The van der Waals surface area contributed by atoms with E-state index in [0.717, 1.165) is 43.2 Å². The third-order valence-corrected chi connectivity index (χ3v) is 12.5. The second-order valence-electron chi connectivity index (χ2n) is 15.7. The van der Waals surface area contributed by atoms with Crippen molar-refractivity contribution in [3.8, 4) is 0 Å². The number of hydrogen-bond acceptors (Lipinski definition) is 3. The molecule has 0 aliphatic carbocycles. The summed E-state index contributed by atoms with van der Waals surface area (Å²) >= 11 is 0. The first kappa shape index (κ1) is 40.1. The summed E-state index contributed by atoms with van der Waals surface area (Å²) in [6, 6.07) is 67.6. The molecule has 0 fully saturated rings. The van der Waals surface area contributed by atoms with Crippen molar-refractivity contribution in [1.82, 2.24) is 0 Å². The van der Waals surface area contributed by atoms with Gasteiger partial charge in [0.15, 0.2) is 0 Å². The summed E-state index contributed by atoms with van der Waals surface area (Å²) in [4.78, 5) is 7.18. The van der Waals surface area contributed by atoms with Gasteiger partial charge in [0.2, 0.25) is 0 Å². The van der Waals surface area contributed by atoms with Gasteiger partial charge in [0, 0.05) is 65.4 Å². The van der Waals surface area contributed by atoms with Crippen LogP contribution in [0, 0.1) is 6.92 Å². The molecule has 0 bridgehead atoms. The Morgan fingerprint density at radius 1 is 0.310 bits per heavy atom. The molecular formula is C55H59N3. The molecule has 0 radical (unpaired) electrons. The highest BCUT2D eigenvalue weighted by atomic mass is 15.1. The van der Waals surface area contributed by atoms with Gasteiger partial charge >= 0.3 is 0 Å². The molecule has 0 amide bonds. The molecule has 7 aromatic carbocycles. The molecule has 2 unspecified atom stereocenters. The summed E-state index contributed by atoms with van der Waals surface area (Å²) in [6.07, 6.45) is 0. The van der Waals surface area contributed by atoms with Crippen molar-refractivity contribution in [3.63, 3.8) is 0 Å². The Morgan fingerprint density at radius 2 is 0.552 bits per heavy atom. The Morgan fingerprint density at radius 3 is 0.828 bits per heavy atom. The second kappa shape index (κ2) is 17.6. The normalized spacial score (nSPS) is 13.3. The van der Waals surface area contributed by atoms with Crippen LogP contribution in [0.15, 0.2) is 182 Å². The van der Waals surface area contributed by atoms with Gasteiger partial charge in [-0.05, 0) is 143 Å². The van der Waals surface area contributed by atoms with Crippen LogP contribution in [0.25, 0.3) is 0 Å². The van der Waals surface area contributed by atoms with Crippen molar-refractivity contribution >= 4 is 28.4 Å². The average molecular weight is 762 g/mol. The van der Waals surface area contributed by atoms with Crippen molar-refractivity contribution in [2.45, 2.75) is 59.3 Å². The minimum absolute atomic E-state index is 0.344. The maximum Gasteiger partial charge on any atom is 0.0461 e. The molecule has 7 aromatic rings. The minimum atomic E-state index is -0.344. The quantitative estimate of drug-likeness (QED) is 0.0964. The van der Waals surface area contributed by atoms with Crippen LogP contribution in [-0.4, -0.2) is 26.2 Å². The predicted molar refractivity (Wildman–Crippen MR) is 250 cm³/mol. The molecule has 0 heterocycles. The zero-order valence-corrected chi connectivity index (χ0v) is 35.5. The molecule has 0 aliphatic heterocycles. The van der Waals surface area contributed by atoms with Gasteiger partial charge in [0.05, 0.1) is 0 Å². The Hall–Kier alpha value is -6.06. The van der Waals surface area contributed by atoms with Gasteiger partial charge in [0.25, 0.3) is 0 Å². The third-order valence-electron chi connectivity index (χ3n) is 12.5. The summed E-state index contributed by atoms with van der Waals surface area (Å²) < 4.78 is 0. The molecule has 0 spiro atoms. The summed E-state index contributed by atoms with van der Waals surface area (Å²) in [7, 11) is 0. The number of rotatable bonds is 15. The lowest BCUT2D eigenvalue weighted by Gasteiger charge is -2.34. The highest BCUT2D eigenvalue weighted by molar-refractivity contribution is 5.77. The first-order chi connectivity index (χ1) is 28.2. The van der Waals surface area contributed by atoms with Crippen molar-refractivity contribution in [1.29, 1.82) is 0 Å². The summed E-state index contributed by atoms with van der Waals surface area (Å²) in [5.74, 6) is 0. The Bertz CT molecular complexity index is 2180. The van der Waals surface area contributed by atoms with Crippen LogP contribution in [-0.2, 0) is 10.8 Å². The average Bonchev–Trinajstić information content (AvgIpc) is 3.29. The molecular weight excluding hydrogens is 703 g/mol. The SMILES string of the molecule is CCN(CC)c1ccc(C(C)(c2ccccc2)c2ccc(N(c3ccc(C)cc3)c3ccc(C(C)(c4ccccc4)c4ccc(N(CC)CC)cc4)cc3)cc2)cc1. The number of aryl methyl sites for hydroxylation is 1. The maximum atomic E-state index is 2.40. The minimum Gasteiger partial charge on any atom is -0.372 e. The second-order valence-corrected chi connectivity index (χ2v) is 15.7. The van der Waals surface area contributed by atoms with E-state index in [-0.39, 0.29) is 10.8 Å². The Balaban J connectivity index is 1.29. The van der Waals surface area contributed by atoms with Crippen LogP contribution in [0.5, 0.6) is 0 Å². The standard InChI is InChI=1S/C55H59N3/c1-8-56(9-2)49-34-24-45(25-35-49)54(6,43-18-14-12-15-19-43)47-28-38-52(39-29-47)58(51-32-22-42(5)23-33-51)53-40-30-48(31-41-53)55(7,44-20-16-13-17-21-44)46-26-36-50(37-27-46)57(10-3)11-4/h12-41H,8-11H2,1-7H3. The van der Waals surface area contributed by atoms with E-state index in [1.807, 2.05) is 0 Å². The van der Waals surface area contributed by atoms with Crippen LogP contribution >= 0.6 is 0 Å². The maximum absolute atomic E-state index is 2.40. The fourth-order valence-electron chi connectivity index (χ4n) is 8.76. The lowest BCUT2D eigenvalue weighted by Crippen LogP contribution is -2.26. The van der Waals surface area contributed by atoms with E-state index in [9.17, 15) is 0 Å². The highest BCUT2D eigenvalue weighted by Gasteiger charge is 2.33. The first-order valence-corrected chi connectivity index (χ1v) is 21.1. The van der Waals surface area contributed by atoms with Crippen molar-refractivity contribution in [3.05, 3.63) is 221 Å². The van der Waals surface area contributed by atoms with Crippen LogP contribution in [0.1, 0.15) is 80.5 Å². The lowest BCUT2D eigenvalue weighted by molar-refractivity contribution is 0.692. The molecule has 294 valence electrons. The Labute approximate surface area is 348 Å². The number of nitrogens with zero attached hydrogens (tertiary/aromatic N) is 3. The Kier molecular flexibility index (Phi) is 12.2. The van der Waals surface area contributed by atoms with Gasteiger partial charge in [-0.2, -0.15) is 0 Å². The molecule has 0 saturated carbocycles. The summed E-state index contributed by atoms with van der Waals surface area (Å²) in [5, 5.41) is 0. The molecule has 3 heteroatoms. The predicted octanol–water partition coefficient (Wildman–Crippen LogP) is 13.9. The smallest absolute Gasteiger partial charge is 0.0461 e. The van der Waals surface area contributed by atoms with E-state index < -0.39 is 0 Å². The molecule has 2 atom stereocenters. The highest BCUT2D eigenvalue weighted by Crippen LogP contribution is 2.44. The van der Waals surface area contributed by atoms with Gasteiger partial charge in [0.1, 0.15) is 0 Å². The van der Waals surface area contributed by atoms with Crippen LogP contribution in [0.4, 0.5) is 28.4 Å². The van der Waals surface area contributed by atoms with Crippen molar-refractivity contribution in [2.24, 2.45) is 0 Å². The fourth-order valence-corrected chi connectivity index (χ4v) is 8.76. The van der Waals surface area contributed by atoms with Crippen LogP contribution in [0.2, 0.25) is 0 Å². The summed E-state index contributed by atoms with van der Waals surface area (Å²) in [6.45, 7) is 19.7. The topological polar surface area (TPSA) is 9.72 Å². The fraction of sp³-hybridized carbons (Fsp3) is 0.236. The van der Waals surface area contributed by atoms with E-state index in [0.29, 0.717) is 0 Å². The van der Waals surface area contributed by atoms with Gasteiger partial charge in [-0.25, -0.2) is 0 Å². The van der Waals surface area contributed by atoms with E-state index >= 15 is 0 Å². The lowest BCUT2D eigenvalue weighted by atomic mass is 9.71. The number of anilines is 5. The molecule has 0 N–H and O–H groups in total. The molecule has 7 rings (SSSR count). The van der Waals surface area contributed by atoms with E-state index in [1.165, 1.54) is 50.3 Å². The zero-order chi connectivity index (χ0) is 40.7. The van der Waals surface area contributed by atoms with E-state index in [2.05, 4.69) is 245 Å². The largest absolute Gasteiger partial charge is 0.372 e. The monoisotopic (exact) mass is 761 g/mol. The number of hydrogen-bond donors (Lipinski definition) is 0. The van der Waals surface area contributed by atoms with Crippen LogP contribution in [0.3, 0.4) is 0 Å². The van der Waals surface area contributed by atoms with Gasteiger partial charge in [-0.1, -0.05) is 127 Å². The van der Waals surface area contributed by atoms with E-state index in [1.54, 1.807) is 0 Å². The summed E-state index contributed by atoms with van der Waals surface area (Å²) in [5.41, 5.74) is 14.0. The molecule has 58 heavy (non-hydrogen) atoms. The third kappa shape index (κ3) is 7.79. The molecule has 0 saturated heterocycles. The number of benzene rings is 7. The first-order valence-electron chi connectivity index (χ1n) is 21.1. The van der Waals surface area contributed by atoms with Gasteiger partial charge in [-0.15, -0.1) is 0 Å². The van der Waals surface area contributed by atoms with Crippen LogP contribution < -0.4 is 14.7 Å². The molecule has 0 aromatic heterocycles. The van der Waals surface area contributed by atoms with Crippen molar-refractivity contribution in [2.75, 3.05) is 40.9 Å². The molecule has 0 aliphatic rings. The zero-order valence-electron chi connectivity index (χ0n) is 35.5. The van der Waals surface area contributed by atoms with Gasteiger partial charge in [-0.3, -0.25) is 0 Å². The van der Waals surface area contributed by atoms with E-state index in [4.69, 9.17) is 0 Å². The molecule has 3 nitrogen and oxygen atoms in total.